The van der Waals surface area contributed by atoms with Gasteiger partial charge in [0.05, 0.1) is 11.4 Å². The van der Waals surface area contributed by atoms with Crippen LogP contribution < -0.4 is 9.62 Å². The molecule has 148 valence electrons. The molecular formula is C21H25N3O3S. The van der Waals surface area contributed by atoms with Crippen LogP contribution in [0.3, 0.4) is 0 Å². The van der Waals surface area contributed by atoms with Crippen molar-refractivity contribution in [2.45, 2.75) is 25.3 Å². The molecule has 1 unspecified atom stereocenters. The highest BCUT2D eigenvalue weighted by molar-refractivity contribution is 7.93. The van der Waals surface area contributed by atoms with Crippen LogP contribution in [0.5, 0.6) is 0 Å². The van der Waals surface area contributed by atoms with Gasteiger partial charge in [0.25, 0.3) is 0 Å². The Balaban J connectivity index is 1.35. The molecule has 0 saturated carbocycles. The van der Waals surface area contributed by atoms with E-state index >= 15 is 0 Å². The van der Waals surface area contributed by atoms with Crippen LogP contribution in [0.4, 0.5) is 10.5 Å². The van der Waals surface area contributed by atoms with Gasteiger partial charge in [0.15, 0.2) is 0 Å². The zero-order valence-electron chi connectivity index (χ0n) is 15.8. The maximum Gasteiger partial charge on any atom is 0.317 e. The molecular weight excluding hydrogens is 374 g/mol. The number of hydrogen-bond donors (Lipinski definition) is 1. The third-order valence-corrected chi connectivity index (χ3v) is 7.36. The highest BCUT2D eigenvalue weighted by atomic mass is 32.2. The molecule has 2 aliphatic rings. The highest BCUT2D eigenvalue weighted by Crippen LogP contribution is 2.27. The Morgan fingerprint density at radius 1 is 1.07 bits per heavy atom. The molecule has 1 N–H and O–H groups in total. The minimum atomic E-state index is -3.20. The number of benzene rings is 2. The molecule has 2 aromatic carbocycles. The Bertz CT molecular complexity index is 946. The summed E-state index contributed by atoms with van der Waals surface area (Å²) in [5, 5.41) is 2.97. The molecule has 2 saturated heterocycles. The van der Waals surface area contributed by atoms with Crippen molar-refractivity contribution in [3.8, 4) is 0 Å². The number of anilines is 1. The van der Waals surface area contributed by atoms with Crippen molar-refractivity contribution in [2.24, 2.45) is 0 Å². The fourth-order valence-electron chi connectivity index (χ4n) is 3.98. The van der Waals surface area contributed by atoms with E-state index in [0.717, 1.165) is 25.1 Å². The summed E-state index contributed by atoms with van der Waals surface area (Å²) in [6, 6.07) is 17.6. The van der Waals surface area contributed by atoms with Gasteiger partial charge in [-0.25, -0.2) is 13.2 Å². The summed E-state index contributed by atoms with van der Waals surface area (Å²) < 4.78 is 25.7. The van der Waals surface area contributed by atoms with Crippen LogP contribution in [0, 0.1) is 0 Å². The first kappa shape index (κ1) is 18.8. The average molecular weight is 400 g/mol. The van der Waals surface area contributed by atoms with Crippen LogP contribution in [-0.2, 0) is 16.6 Å². The second-order valence-electron chi connectivity index (χ2n) is 7.41. The van der Waals surface area contributed by atoms with Gasteiger partial charge in [0.1, 0.15) is 0 Å². The maximum absolute atomic E-state index is 12.5. The predicted molar refractivity (Wildman–Crippen MR) is 110 cm³/mol. The van der Waals surface area contributed by atoms with Crippen molar-refractivity contribution in [1.29, 1.82) is 0 Å². The molecule has 1 atom stereocenters. The Morgan fingerprint density at radius 3 is 2.64 bits per heavy atom. The predicted octanol–water partition coefficient (Wildman–Crippen LogP) is 2.93. The largest absolute Gasteiger partial charge is 0.334 e. The quantitative estimate of drug-likeness (QED) is 0.859. The molecule has 2 heterocycles. The lowest BCUT2D eigenvalue weighted by Gasteiger charge is -2.19. The highest BCUT2D eigenvalue weighted by Gasteiger charge is 2.29. The van der Waals surface area contributed by atoms with E-state index in [-0.39, 0.29) is 11.8 Å². The molecule has 0 bridgehead atoms. The Kier molecular flexibility index (Phi) is 5.26. The topological polar surface area (TPSA) is 69.7 Å². The van der Waals surface area contributed by atoms with Crippen molar-refractivity contribution < 1.29 is 13.2 Å². The lowest BCUT2D eigenvalue weighted by molar-refractivity contribution is 0.208. The summed E-state index contributed by atoms with van der Waals surface area (Å²) in [5.41, 5.74) is 2.85. The minimum absolute atomic E-state index is 0.0716. The van der Waals surface area contributed by atoms with Gasteiger partial charge >= 0.3 is 6.03 Å². The average Bonchev–Trinajstić information content (AvgIpc) is 3.33. The third kappa shape index (κ3) is 3.99. The van der Waals surface area contributed by atoms with E-state index < -0.39 is 10.0 Å². The van der Waals surface area contributed by atoms with E-state index in [4.69, 9.17) is 0 Å². The van der Waals surface area contributed by atoms with Crippen molar-refractivity contribution >= 4 is 21.7 Å². The molecule has 0 radical (unpaired) electrons. The second-order valence-corrected chi connectivity index (χ2v) is 9.43. The van der Waals surface area contributed by atoms with Crippen LogP contribution in [0.25, 0.3) is 0 Å². The fourth-order valence-corrected chi connectivity index (χ4v) is 5.54. The molecule has 2 aromatic rings. The van der Waals surface area contributed by atoms with Gasteiger partial charge in [-0.1, -0.05) is 42.5 Å². The van der Waals surface area contributed by atoms with Gasteiger partial charge in [-0.05, 0) is 36.1 Å². The van der Waals surface area contributed by atoms with Gasteiger partial charge in [-0.3, -0.25) is 4.31 Å². The van der Waals surface area contributed by atoms with Gasteiger partial charge in [0.2, 0.25) is 10.0 Å². The fraction of sp³-hybridized carbons (Fsp3) is 0.381. The van der Waals surface area contributed by atoms with E-state index in [1.165, 1.54) is 9.87 Å². The van der Waals surface area contributed by atoms with Crippen LogP contribution in [0.15, 0.2) is 54.6 Å². The van der Waals surface area contributed by atoms with Crippen molar-refractivity contribution in [3.05, 3.63) is 65.7 Å². The number of hydrogen-bond acceptors (Lipinski definition) is 3. The summed E-state index contributed by atoms with van der Waals surface area (Å²) in [7, 11) is -3.20. The molecule has 0 aliphatic carbocycles. The molecule has 2 amide bonds. The number of nitrogens with one attached hydrogen (secondary N) is 1. The zero-order valence-corrected chi connectivity index (χ0v) is 16.6. The number of nitrogens with zero attached hydrogens (tertiary/aromatic N) is 2. The standard InChI is InChI=1S/C21H25N3O3S/c25-21(23-12-10-19(16-23)18-7-2-1-3-8-18)22-15-17-6-4-9-20(14-17)24-11-5-13-28(24,26)27/h1-4,6-9,14,19H,5,10-13,15-16H2,(H,22,25). The number of urea groups is 1. The lowest BCUT2D eigenvalue weighted by Crippen LogP contribution is -2.38. The number of sulfonamides is 1. The number of rotatable bonds is 4. The van der Waals surface area contributed by atoms with Crippen LogP contribution in [0.1, 0.15) is 29.9 Å². The normalized spacial score (nSPS) is 21.1. The number of carbonyl (C=O) groups excluding carboxylic acids is 1. The molecule has 2 fully saturated rings. The molecule has 0 aromatic heterocycles. The smallest absolute Gasteiger partial charge is 0.317 e. The number of amides is 2. The van der Waals surface area contributed by atoms with Crippen molar-refractivity contribution in [2.75, 3.05) is 29.7 Å². The molecule has 28 heavy (non-hydrogen) atoms. The third-order valence-electron chi connectivity index (χ3n) is 5.49. The molecule has 2 aliphatic heterocycles. The molecule has 7 heteroatoms. The van der Waals surface area contributed by atoms with E-state index in [0.29, 0.717) is 31.1 Å². The summed E-state index contributed by atoms with van der Waals surface area (Å²) in [5.74, 6) is 0.585. The van der Waals surface area contributed by atoms with Crippen LogP contribution in [-0.4, -0.2) is 44.7 Å². The summed E-state index contributed by atoms with van der Waals surface area (Å²) >= 11 is 0. The van der Waals surface area contributed by atoms with E-state index in [1.54, 1.807) is 6.07 Å². The van der Waals surface area contributed by atoms with E-state index in [2.05, 4.69) is 17.4 Å². The van der Waals surface area contributed by atoms with Crippen molar-refractivity contribution in [3.63, 3.8) is 0 Å². The molecule has 4 rings (SSSR count). The van der Waals surface area contributed by atoms with E-state index in [9.17, 15) is 13.2 Å². The number of carbonyl (C=O) groups is 1. The summed E-state index contributed by atoms with van der Waals surface area (Å²) in [6.45, 7) is 2.37. The Hall–Kier alpha value is -2.54. The van der Waals surface area contributed by atoms with Gasteiger partial charge in [-0.15, -0.1) is 0 Å². The van der Waals surface area contributed by atoms with E-state index in [1.807, 2.05) is 41.3 Å². The van der Waals surface area contributed by atoms with Crippen LogP contribution >= 0.6 is 0 Å². The van der Waals surface area contributed by atoms with Crippen LogP contribution in [0.2, 0.25) is 0 Å². The second kappa shape index (κ2) is 7.83. The Labute approximate surface area is 166 Å². The SMILES string of the molecule is O=C(NCc1cccc(N2CCCS2(=O)=O)c1)N1CCC(c2ccccc2)C1. The first-order chi connectivity index (χ1) is 13.5. The summed E-state index contributed by atoms with van der Waals surface area (Å²) in [6.07, 6.45) is 1.63. The summed E-state index contributed by atoms with van der Waals surface area (Å²) in [4.78, 5) is 14.4. The zero-order chi connectivity index (χ0) is 19.6. The minimum Gasteiger partial charge on any atom is -0.334 e. The Morgan fingerprint density at radius 2 is 1.89 bits per heavy atom. The monoisotopic (exact) mass is 399 g/mol. The molecule has 0 spiro atoms. The first-order valence-electron chi connectivity index (χ1n) is 9.70. The first-order valence-corrected chi connectivity index (χ1v) is 11.3. The van der Waals surface area contributed by atoms with Gasteiger partial charge in [-0.2, -0.15) is 0 Å². The van der Waals surface area contributed by atoms with Gasteiger partial charge < -0.3 is 10.2 Å². The van der Waals surface area contributed by atoms with Crippen molar-refractivity contribution in [1.82, 2.24) is 10.2 Å². The maximum atomic E-state index is 12.5. The van der Waals surface area contributed by atoms with Gasteiger partial charge in [0, 0.05) is 32.1 Å². The lowest BCUT2D eigenvalue weighted by atomic mass is 9.99. The number of likely N-dealkylation sites (tertiary alicyclic amines) is 1. The molecule has 6 nitrogen and oxygen atoms in total.